The summed E-state index contributed by atoms with van der Waals surface area (Å²) in [5, 5.41) is 13.7. The minimum absolute atomic E-state index is 0.223. The van der Waals surface area contributed by atoms with Gasteiger partial charge in [-0.25, -0.2) is 4.98 Å². The summed E-state index contributed by atoms with van der Waals surface area (Å²) in [6.45, 7) is 2.41. The molecule has 27 heavy (non-hydrogen) atoms. The Kier molecular flexibility index (Phi) is 8.28. The second-order valence-corrected chi connectivity index (χ2v) is 7.69. The number of aromatic nitrogens is 1. The number of nitriles is 1. The first-order valence-corrected chi connectivity index (χ1v) is 9.89. The number of benzene rings is 1. The summed E-state index contributed by atoms with van der Waals surface area (Å²) in [7, 11) is 1.59. The average Bonchev–Trinajstić information content (AvgIpc) is 2.61. The van der Waals surface area contributed by atoms with Gasteiger partial charge in [-0.1, -0.05) is 5.92 Å². The van der Waals surface area contributed by atoms with Gasteiger partial charge in [0, 0.05) is 18.4 Å². The minimum atomic E-state index is 0.223. The zero-order valence-electron chi connectivity index (χ0n) is 14.7. The topological polar surface area (TPSA) is 79.5 Å². The van der Waals surface area contributed by atoms with Crippen molar-refractivity contribution >= 4 is 57.2 Å². The monoisotopic (exact) mass is 586 g/mol. The number of aryl methyl sites for hydroxylation is 1. The highest BCUT2D eigenvalue weighted by atomic mass is 127. The number of pyridine rings is 1. The van der Waals surface area contributed by atoms with Gasteiger partial charge in [0.2, 0.25) is 0 Å². The van der Waals surface area contributed by atoms with Crippen LogP contribution < -0.4 is 10.2 Å². The van der Waals surface area contributed by atoms with Crippen LogP contribution in [0.3, 0.4) is 0 Å². The highest BCUT2D eigenvalue weighted by molar-refractivity contribution is 14.1. The molecule has 1 aromatic heterocycles. The van der Waals surface area contributed by atoms with E-state index in [1.54, 1.807) is 13.3 Å². The molecule has 0 aliphatic carbocycles. The van der Waals surface area contributed by atoms with E-state index in [0.717, 1.165) is 29.7 Å². The molecule has 0 bridgehead atoms. The molecule has 0 fully saturated rings. The largest absolute Gasteiger partial charge is 0.479 e. The Morgan fingerprint density at radius 3 is 2.63 bits per heavy atom. The van der Waals surface area contributed by atoms with E-state index in [9.17, 15) is 5.26 Å². The van der Waals surface area contributed by atoms with E-state index in [0.29, 0.717) is 18.0 Å². The minimum Gasteiger partial charge on any atom is -0.479 e. The normalized spacial score (nSPS) is 10.4. The van der Waals surface area contributed by atoms with Crippen molar-refractivity contribution in [3.8, 4) is 24.2 Å². The second-order valence-electron chi connectivity index (χ2n) is 5.37. The number of nitrogens with zero attached hydrogens (tertiary/aromatic N) is 3. The zero-order valence-corrected chi connectivity index (χ0v) is 19.0. The Morgan fingerprint density at radius 2 is 2.04 bits per heavy atom. The van der Waals surface area contributed by atoms with Gasteiger partial charge >= 0.3 is 0 Å². The molecule has 8 heteroatoms. The van der Waals surface area contributed by atoms with Gasteiger partial charge in [-0.3, -0.25) is 5.43 Å². The van der Waals surface area contributed by atoms with E-state index in [2.05, 4.69) is 72.7 Å². The van der Waals surface area contributed by atoms with Gasteiger partial charge in [0.15, 0.2) is 5.82 Å². The standard InChI is InChI=1S/C19H16I2N4O2/c1-4-5-27-18-16(20)7-13(8-17(18)21)10-23-25-19-15(9-22)14(11-26-3)6-12(2)24-19/h1,6-8,10H,5,11H2,2-3H3,(H,24,25). The molecule has 0 aliphatic heterocycles. The fraction of sp³-hybridized carbons (Fsp3) is 0.211. The molecule has 0 saturated carbocycles. The smallest absolute Gasteiger partial charge is 0.164 e. The number of nitrogens with one attached hydrogen (secondary N) is 1. The highest BCUT2D eigenvalue weighted by Gasteiger charge is 2.11. The van der Waals surface area contributed by atoms with Crippen molar-refractivity contribution in [1.82, 2.24) is 4.98 Å². The van der Waals surface area contributed by atoms with E-state index < -0.39 is 0 Å². The van der Waals surface area contributed by atoms with Crippen molar-refractivity contribution < 1.29 is 9.47 Å². The highest BCUT2D eigenvalue weighted by Crippen LogP contribution is 2.28. The molecular formula is C19H16I2N4O2. The van der Waals surface area contributed by atoms with E-state index >= 15 is 0 Å². The Balaban J connectivity index is 2.23. The maximum absolute atomic E-state index is 9.44. The van der Waals surface area contributed by atoms with Crippen molar-refractivity contribution in [2.45, 2.75) is 13.5 Å². The SMILES string of the molecule is C#CCOc1c(I)cc(C=NNc2nc(C)cc(COC)c2C#N)cc1I. The van der Waals surface area contributed by atoms with Gasteiger partial charge < -0.3 is 9.47 Å². The number of terminal acetylenes is 1. The lowest BCUT2D eigenvalue weighted by molar-refractivity contribution is 0.184. The predicted molar refractivity (Wildman–Crippen MR) is 122 cm³/mol. The van der Waals surface area contributed by atoms with Crippen molar-refractivity contribution in [2.75, 3.05) is 19.1 Å². The van der Waals surface area contributed by atoms with Crippen LogP contribution >= 0.6 is 45.2 Å². The number of hydrogen-bond acceptors (Lipinski definition) is 6. The maximum Gasteiger partial charge on any atom is 0.164 e. The first-order valence-electron chi connectivity index (χ1n) is 7.74. The third-order valence-electron chi connectivity index (χ3n) is 3.35. The predicted octanol–water partition coefficient (Wildman–Crippen LogP) is 4.08. The molecule has 1 N–H and O–H groups in total. The molecule has 0 amide bonds. The van der Waals surface area contributed by atoms with Gasteiger partial charge in [-0.15, -0.1) is 6.42 Å². The van der Waals surface area contributed by atoms with Gasteiger partial charge in [-0.2, -0.15) is 10.4 Å². The fourth-order valence-corrected chi connectivity index (χ4v) is 4.42. The summed E-state index contributed by atoms with van der Waals surface area (Å²) >= 11 is 4.39. The third kappa shape index (κ3) is 5.79. The van der Waals surface area contributed by atoms with Crippen LogP contribution in [0.2, 0.25) is 0 Å². The van der Waals surface area contributed by atoms with Crippen LogP contribution in [0.15, 0.2) is 23.3 Å². The summed E-state index contributed by atoms with van der Waals surface area (Å²) in [6.07, 6.45) is 6.91. The molecule has 6 nitrogen and oxygen atoms in total. The van der Waals surface area contributed by atoms with Gasteiger partial charge in [0.25, 0.3) is 0 Å². The zero-order chi connectivity index (χ0) is 19.8. The van der Waals surface area contributed by atoms with Crippen LogP contribution in [0.1, 0.15) is 22.4 Å². The Labute approximate surface area is 185 Å². The van der Waals surface area contributed by atoms with E-state index in [1.807, 2.05) is 25.1 Å². The number of hydrogen-bond donors (Lipinski definition) is 1. The third-order valence-corrected chi connectivity index (χ3v) is 4.95. The lowest BCUT2D eigenvalue weighted by Gasteiger charge is -2.10. The first-order chi connectivity index (χ1) is 13.0. The molecule has 1 aromatic carbocycles. The molecule has 138 valence electrons. The summed E-state index contributed by atoms with van der Waals surface area (Å²) in [5.41, 5.74) is 5.70. The molecular weight excluding hydrogens is 570 g/mol. The van der Waals surface area contributed by atoms with Crippen LogP contribution in [0, 0.1) is 37.7 Å². The number of methoxy groups -OCH3 is 1. The van der Waals surface area contributed by atoms with Crippen molar-refractivity contribution in [3.05, 3.63) is 47.7 Å². The molecule has 0 aliphatic rings. The molecule has 2 rings (SSSR count). The fourth-order valence-electron chi connectivity index (χ4n) is 2.29. The number of rotatable bonds is 7. The number of hydrazone groups is 1. The van der Waals surface area contributed by atoms with Crippen LogP contribution in [0.5, 0.6) is 5.75 Å². The van der Waals surface area contributed by atoms with Crippen molar-refractivity contribution in [3.63, 3.8) is 0 Å². The maximum atomic E-state index is 9.44. The summed E-state index contributed by atoms with van der Waals surface area (Å²) in [5.74, 6) is 3.62. The lowest BCUT2D eigenvalue weighted by Crippen LogP contribution is -2.04. The van der Waals surface area contributed by atoms with Gasteiger partial charge in [-0.05, 0) is 75.9 Å². The molecule has 1 heterocycles. The Hall–Kier alpha value is -1.89. The van der Waals surface area contributed by atoms with Crippen LogP contribution in [0.25, 0.3) is 0 Å². The van der Waals surface area contributed by atoms with Crippen molar-refractivity contribution in [2.24, 2.45) is 5.10 Å². The Morgan fingerprint density at radius 1 is 1.33 bits per heavy atom. The molecule has 0 saturated heterocycles. The van der Waals surface area contributed by atoms with E-state index in [-0.39, 0.29) is 6.61 Å². The number of ether oxygens (including phenoxy) is 2. The molecule has 0 unspecified atom stereocenters. The average molecular weight is 586 g/mol. The molecule has 2 aromatic rings. The number of anilines is 1. The second kappa shape index (κ2) is 10.4. The van der Waals surface area contributed by atoms with Crippen molar-refractivity contribution in [1.29, 1.82) is 5.26 Å². The van der Waals surface area contributed by atoms with E-state index in [4.69, 9.17) is 15.9 Å². The van der Waals surface area contributed by atoms with Gasteiger partial charge in [0.05, 0.1) is 20.0 Å². The Bertz CT molecular complexity index is 923. The molecule has 0 radical (unpaired) electrons. The van der Waals surface area contributed by atoms with Gasteiger partial charge in [0.1, 0.15) is 24.0 Å². The van der Waals surface area contributed by atoms with E-state index in [1.165, 1.54) is 0 Å². The molecule has 0 atom stereocenters. The summed E-state index contributed by atoms with van der Waals surface area (Å²) in [4.78, 5) is 4.36. The van der Waals surface area contributed by atoms with Crippen LogP contribution in [0.4, 0.5) is 5.82 Å². The first kappa shape index (κ1) is 21.4. The summed E-state index contributed by atoms with van der Waals surface area (Å²) in [6, 6.07) is 7.86. The quantitative estimate of drug-likeness (QED) is 0.229. The van der Waals surface area contributed by atoms with Crippen LogP contribution in [-0.4, -0.2) is 24.9 Å². The lowest BCUT2D eigenvalue weighted by atomic mass is 10.1. The summed E-state index contributed by atoms with van der Waals surface area (Å²) < 4.78 is 12.6. The number of halogens is 2. The molecule has 0 spiro atoms. The van der Waals surface area contributed by atoms with Crippen LogP contribution in [-0.2, 0) is 11.3 Å².